The molecule has 1 N–H and O–H groups in total. The molecule has 0 bridgehead atoms. The van der Waals surface area contributed by atoms with Crippen LogP contribution in [-0.2, 0) is 6.18 Å². The van der Waals surface area contributed by atoms with Gasteiger partial charge >= 0.3 is 6.18 Å². The molecule has 1 aromatic carbocycles. The second kappa shape index (κ2) is 3.43. The molecule has 0 unspecified atom stereocenters. The third-order valence-corrected chi connectivity index (χ3v) is 2.80. The first-order valence-corrected chi connectivity index (χ1v) is 4.93. The molecule has 0 spiro atoms. The zero-order chi connectivity index (χ0) is 11.1. The number of alkyl halides is 3. The predicted molar refractivity (Wildman–Crippen MR) is 53.0 cm³/mol. The van der Waals surface area contributed by atoms with Crippen LogP contribution in [0.4, 0.5) is 18.9 Å². The maximum absolute atomic E-state index is 12.5. The molecule has 0 saturated carbocycles. The van der Waals surface area contributed by atoms with Crippen molar-refractivity contribution in [2.45, 2.75) is 25.4 Å². The van der Waals surface area contributed by atoms with E-state index < -0.39 is 11.7 Å². The van der Waals surface area contributed by atoms with Gasteiger partial charge in [0.15, 0.2) is 0 Å². The minimum Gasteiger partial charge on any atom is -0.385 e. The molecule has 82 valence electrons. The maximum atomic E-state index is 12.5. The lowest BCUT2D eigenvalue weighted by Crippen LogP contribution is -2.16. The Hall–Kier alpha value is -1.19. The van der Waals surface area contributed by atoms with Crippen molar-refractivity contribution in [2.24, 2.45) is 0 Å². The van der Waals surface area contributed by atoms with E-state index in [-0.39, 0.29) is 5.92 Å². The van der Waals surface area contributed by atoms with Crippen LogP contribution < -0.4 is 5.32 Å². The molecule has 1 nitrogen and oxygen atoms in total. The van der Waals surface area contributed by atoms with Crippen LogP contribution in [0.1, 0.15) is 30.4 Å². The van der Waals surface area contributed by atoms with Crippen molar-refractivity contribution in [3.8, 4) is 0 Å². The highest BCUT2D eigenvalue weighted by Crippen LogP contribution is 2.36. The Bertz CT molecular complexity index is 371. The van der Waals surface area contributed by atoms with Crippen molar-refractivity contribution in [3.63, 3.8) is 0 Å². The summed E-state index contributed by atoms with van der Waals surface area (Å²) in [6, 6.07) is 3.91. The lowest BCUT2D eigenvalue weighted by Gasteiger charge is -2.24. The van der Waals surface area contributed by atoms with E-state index in [1.54, 1.807) is 0 Å². The molecule has 4 heteroatoms. The number of halogens is 3. The number of nitrogens with one attached hydrogen (secondary N) is 1. The fourth-order valence-electron chi connectivity index (χ4n) is 1.89. The van der Waals surface area contributed by atoms with E-state index in [1.807, 2.05) is 6.92 Å². The molecule has 0 aromatic heterocycles. The fraction of sp³-hybridized carbons (Fsp3) is 0.455. The summed E-state index contributed by atoms with van der Waals surface area (Å²) in [6.07, 6.45) is -3.36. The van der Waals surface area contributed by atoms with Crippen LogP contribution in [0.25, 0.3) is 0 Å². The predicted octanol–water partition coefficient (Wildman–Crippen LogP) is 3.62. The minimum absolute atomic E-state index is 0.198. The maximum Gasteiger partial charge on any atom is 0.416 e. The van der Waals surface area contributed by atoms with E-state index in [0.717, 1.165) is 30.3 Å². The third-order valence-electron chi connectivity index (χ3n) is 2.80. The van der Waals surface area contributed by atoms with Gasteiger partial charge in [-0.1, -0.05) is 6.92 Å². The van der Waals surface area contributed by atoms with Crippen LogP contribution in [0, 0.1) is 0 Å². The van der Waals surface area contributed by atoms with Gasteiger partial charge in [0.2, 0.25) is 0 Å². The van der Waals surface area contributed by atoms with E-state index in [1.165, 1.54) is 12.1 Å². The number of benzene rings is 1. The number of hydrogen-bond donors (Lipinski definition) is 1. The molecule has 0 fully saturated rings. The molecule has 1 aliphatic rings. The zero-order valence-corrected chi connectivity index (χ0v) is 8.36. The number of fused-ring (bicyclic) bond motifs is 1. The summed E-state index contributed by atoms with van der Waals surface area (Å²) in [5.74, 6) is 0.198. The fourth-order valence-corrected chi connectivity index (χ4v) is 1.89. The highest BCUT2D eigenvalue weighted by Gasteiger charge is 2.31. The van der Waals surface area contributed by atoms with Crippen molar-refractivity contribution in [3.05, 3.63) is 29.3 Å². The van der Waals surface area contributed by atoms with Gasteiger partial charge in [0.25, 0.3) is 0 Å². The SMILES string of the molecule is C[C@H]1CCNc2ccc(C(F)(F)F)cc21. The van der Waals surface area contributed by atoms with Gasteiger partial charge in [-0.15, -0.1) is 0 Å². The van der Waals surface area contributed by atoms with Crippen LogP contribution in [0.3, 0.4) is 0 Å². The van der Waals surface area contributed by atoms with Gasteiger partial charge in [0, 0.05) is 12.2 Å². The van der Waals surface area contributed by atoms with Crippen molar-refractivity contribution < 1.29 is 13.2 Å². The first kappa shape index (κ1) is 10.3. The largest absolute Gasteiger partial charge is 0.416 e. The van der Waals surface area contributed by atoms with Gasteiger partial charge in [0.1, 0.15) is 0 Å². The Balaban J connectivity index is 2.44. The van der Waals surface area contributed by atoms with Crippen LogP contribution in [0.5, 0.6) is 0 Å². The van der Waals surface area contributed by atoms with Gasteiger partial charge < -0.3 is 5.32 Å². The second-order valence-electron chi connectivity index (χ2n) is 3.92. The molecule has 1 aliphatic heterocycles. The molecular weight excluding hydrogens is 203 g/mol. The molecule has 1 atom stereocenters. The zero-order valence-electron chi connectivity index (χ0n) is 8.36. The average Bonchev–Trinajstić information content (AvgIpc) is 2.16. The molecule has 0 amide bonds. The van der Waals surface area contributed by atoms with Gasteiger partial charge in [-0.2, -0.15) is 13.2 Å². The molecular formula is C11H12F3N. The summed E-state index contributed by atoms with van der Waals surface area (Å²) >= 11 is 0. The molecule has 1 heterocycles. The summed E-state index contributed by atoms with van der Waals surface area (Å²) in [4.78, 5) is 0. The second-order valence-corrected chi connectivity index (χ2v) is 3.92. The summed E-state index contributed by atoms with van der Waals surface area (Å²) in [7, 11) is 0. The third kappa shape index (κ3) is 1.94. The average molecular weight is 215 g/mol. The van der Waals surface area contributed by atoms with Crippen molar-refractivity contribution in [1.29, 1.82) is 0 Å². The normalized spacial score (nSPS) is 20.7. The Morgan fingerprint density at radius 1 is 1.33 bits per heavy atom. The monoisotopic (exact) mass is 215 g/mol. The summed E-state index contributed by atoms with van der Waals surface area (Å²) < 4.78 is 37.4. The van der Waals surface area contributed by atoms with Gasteiger partial charge in [-0.25, -0.2) is 0 Å². The Morgan fingerprint density at radius 3 is 2.73 bits per heavy atom. The number of anilines is 1. The van der Waals surface area contributed by atoms with Crippen molar-refractivity contribution >= 4 is 5.69 Å². The van der Waals surface area contributed by atoms with E-state index in [2.05, 4.69) is 5.32 Å². The Kier molecular flexibility index (Phi) is 2.37. The Labute approximate surface area is 86.3 Å². The summed E-state index contributed by atoms with van der Waals surface area (Å²) in [5, 5.41) is 3.10. The van der Waals surface area contributed by atoms with E-state index in [4.69, 9.17) is 0 Å². The van der Waals surface area contributed by atoms with E-state index in [0.29, 0.717) is 0 Å². The van der Waals surface area contributed by atoms with Crippen LogP contribution in [-0.4, -0.2) is 6.54 Å². The van der Waals surface area contributed by atoms with Crippen molar-refractivity contribution in [1.82, 2.24) is 0 Å². The van der Waals surface area contributed by atoms with Gasteiger partial charge in [0.05, 0.1) is 5.56 Å². The lowest BCUT2D eigenvalue weighted by molar-refractivity contribution is -0.137. The number of rotatable bonds is 0. The molecule has 1 aromatic rings. The van der Waals surface area contributed by atoms with Gasteiger partial charge in [-0.3, -0.25) is 0 Å². The Morgan fingerprint density at radius 2 is 2.07 bits per heavy atom. The molecule has 0 radical (unpaired) electrons. The molecule has 15 heavy (non-hydrogen) atoms. The van der Waals surface area contributed by atoms with Crippen LogP contribution >= 0.6 is 0 Å². The molecule has 2 rings (SSSR count). The quantitative estimate of drug-likeness (QED) is 0.696. The van der Waals surface area contributed by atoms with Crippen molar-refractivity contribution in [2.75, 3.05) is 11.9 Å². The van der Waals surface area contributed by atoms with Crippen LogP contribution in [0.2, 0.25) is 0 Å². The van der Waals surface area contributed by atoms with Gasteiger partial charge in [-0.05, 0) is 36.1 Å². The smallest absolute Gasteiger partial charge is 0.385 e. The lowest BCUT2D eigenvalue weighted by atomic mass is 9.91. The number of hydrogen-bond acceptors (Lipinski definition) is 1. The van der Waals surface area contributed by atoms with Crippen LogP contribution in [0.15, 0.2) is 18.2 Å². The summed E-state index contributed by atoms with van der Waals surface area (Å²) in [6.45, 7) is 2.79. The first-order valence-electron chi connectivity index (χ1n) is 4.93. The summed E-state index contributed by atoms with van der Waals surface area (Å²) in [5.41, 5.74) is 1.05. The minimum atomic E-state index is -4.24. The van der Waals surface area contributed by atoms with E-state index in [9.17, 15) is 13.2 Å². The van der Waals surface area contributed by atoms with E-state index >= 15 is 0 Å². The molecule has 0 saturated heterocycles. The topological polar surface area (TPSA) is 12.0 Å². The standard InChI is InChI=1S/C11H12F3N/c1-7-4-5-15-10-3-2-8(6-9(7)10)11(12,13)14/h2-3,6-7,15H,4-5H2,1H3/t7-/m0/s1. The molecule has 0 aliphatic carbocycles. The highest BCUT2D eigenvalue weighted by molar-refractivity contribution is 5.56. The first-order chi connectivity index (χ1) is 6.98. The highest BCUT2D eigenvalue weighted by atomic mass is 19.4.